The van der Waals surface area contributed by atoms with E-state index in [2.05, 4.69) is 10.3 Å². The molecular weight excluding hydrogens is 218 g/mol. The zero-order chi connectivity index (χ0) is 12.3. The molecule has 0 bridgehead atoms. The predicted molar refractivity (Wildman–Crippen MR) is 62.9 cm³/mol. The summed E-state index contributed by atoms with van der Waals surface area (Å²) in [7, 11) is 0. The van der Waals surface area contributed by atoms with Crippen LogP contribution >= 0.6 is 0 Å². The van der Waals surface area contributed by atoms with E-state index in [0.717, 1.165) is 12.2 Å². The van der Waals surface area contributed by atoms with Crippen molar-refractivity contribution < 1.29 is 9.90 Å². The topological polar surface area (TPSA) is 68.0 Å². The summed E-state index contributed by atoms with van der Waals surface area (Å²) in [6, 6.07) is 0. The molecule has 94 valence electrons. The number of nitrogens with zero attached hydrogens (tertiary/aromatic N) is 3. The molecule has 0 aromatic carbocycles. The lowest BCUT2D eigenvalue weighted by Gasteiger charge is -2.21. The molecule has 0 spiro atoms. The van der Waals surface area contributed by atoms with Gasteiger partial charge in [0, 0.05) is 6.54 Å². The quantitative estimate of drug-likeness (QED) is 0.871. The van der Waals surface area contributed by atoms with Gasteiger partial charge >= 0.3 is 5.97 Å². The van der Waals surface area contributed by atoms with E-state index in [9.17, 15) is 4.79 Å². The van der Waals surface area contributed by atoms with Gasteiger partial charge in [-0.2, -0.15) is 0 Å². The number of carboxylic acid groups (broad SMARTS) is 1. The molecule has 0 unspecified atom stereocenters. The van der Waals surface area contributed by atoms with E-state index in [-0.39, 0.29) is 5.69 Å². The molecule has 0 amide bonds. The van der Waals surface area contributed by atoms with Crippen molar-refractivity contribution in [1.82, 2.24) is 15.0 Å². The van der Waals surface area contributed by atoms with Crippen molar-refractivity contribution in [2.45, 2.75) is 52.0 Å². The van der Waals surface area contributed by atoms with Crippen molar-refractivity contribution in [1.29, 1.82) is 0 Å². The van der Waals surface area contributed by atoms with Gasteiger partial charge in [-0.1, -0.05) is 31.4 Å². The van der Waals surface area contributed by atoms with Gasteiger partial charge in [0.2, 0.25) is 0 Å². The van der Waals surface area contributed by atoms with Gasteiger partial charge in [0.25, 0.3) is 0 Å². The highest BCUT2D eigenvalue weighted by molar-refractivity contribution is 5.86. The van der Waals surface area contributed by atoms with Gasteiger partial charge in [0.1, 0.15) is 0 Å². The summed E-state index contributed by atoms with van der Waals surface area (Å²) in [5, 5.41) is 16.8. The van der Waals surface area contributed by atoms with Gasteiger partial charge in [-0.25, -0.2) is 9.48 Å². The highest BCUT2D eigenvalue weighted by atomic mass is 16.4. The third kappa shape index (κ3) is 2.65. The average molecular weight is 237 g/mol. The van der Waals surface area contributed by atoms with E-state index >= 15 is 0 Å². The Morgan fingerprint density at radius 1 is 1.41 bits per heavy atom. The largest absolute Gasteiger partial charge is 0.476 e. The zero-order valence-corrected chi connectivity index (χ0v) is 10.2. The molecule has 1 aromatic heterocycles. The molecule has 1 heterocycles. The SMILES string of the molecule is CCc1c(C(=O)O)nnn1CC1CCCCC1. The molecule has 5 heteroatoms. The first-order valence-electron chi connectivity index (χ1n) is 6.38. The van der Waals surface area contributed by atoms with Crippen LogP contribution in [0.25, 0.3) is 0 Å². The first-order chi connectivity index (χ1) is 8.22. The second-order valence-corrected chi connectivity index (χ2v) is 4.73. The van der Waals surface area contributed by atoms with E-state index in [1.165, 1.54) is 32.1 Å². The van der Waals surface area contributed by atoms with Crippen LogP contribution in [0.5, 0.6) is 0 Å². The lowest BCUT2D eigenvalue weighted by atomic mass is 9.89. The van der Waals surface area contributed by atoms with Crippen LogP contribution in [0.15, 0.2) is 0 Å². The minimum Gasteiger partial charge on any atom is -0.476 e. The molecule has 0 saturated heterocycles. The third-order valence-electron chi connectivity index (χ3n) is 3.53. The Kier molecular flexibility index (Phi) is 3.76. The second-order valence-electron chi connectivity index (χ2n) is 4.73. The summed E-state index contributed by atoms with van der Waals surface area (Å²) in [6.45, 7) is 2.77. The highest BCUT2D eigenvalue weighted by Gasteiger charge is 2.20. The molecule has 1 fully saturated rings. The minimum atomic E-state index is -0.975. The predicted octanol–water partition coefficient (Wildman–Crippen LogP) is 2.12. The smallest absolute Gasteiger partial charge is 0.358 e. The number of aromatic nitrogens is 3. The third-order valence-corrected chi connectivity index (χ3v) is 3.53. The summed E-state index contributed by atoms with van der Waals surface area (Å²) < 4.78 is 1.79. The number of hydrogen-bond donors (Lipinski definition) is 1. The molecule has 1 aromatic rings. The van der Waals surface area contributed by atoms with E-state index in [0.29, 0.717) is 12.3 Å². The average Bonchev–Trinajstić information content (AvgIpc) is 2.73. The maximum atomic E-state index is 11.0. The molecule has 1 aliphatic carbocycles. The molecule has 0 radical (unpaired) electrons. The number of carbonyl (C=O) groups is 1. The summed E-state index contributed by atoms with van der Waals surface area (Å²) in [5.41, 5.74) is 0.867. The van der Waals surface area contributed by atoms with Crippen molar-refractivity contribution in [3.63, 3.8) is 0 Å². The molecule has 2 rings (SSSR count). The molecule has 1 saturated carbocycles. The van der Waals surface area contributed by atoms with Gasteiger partial charge in [0.05, 0.1) is 5.69 Å². The van der Waals surface area contributed by atoms with Crippen LogP contribution in [-0.4, -0.2) is 26.1 Å². The van der Waals surface area contributed by atoms with Crippen molar-refractivity contribution in [3.05, 3.63) is 11.4 Å². The molecular formula is C12H19N3O2. The standard InChI is InChI=1S/C12H19N3O2/c1-2-10-11(12(16)17)13-14-15(10)8-9-6-4-3-5-7-9/h9H,2-8H2,1H3,(H,16,17). The van der Waals surface area contributed by atoms with E-state index in [1.54, 1.807) is 4.68 Å². The lowest BCUT2D eigenvalue weighted by Crippen LogP contribution is -2.17. The molecule has 17 heavy (non-hydrogen) atoms. The van der Waals surface area contributed by atoms with Crippen molar-refractivity contribution in [2.75, 3.05) is 0 Å². The Labute approximate surface area is 101 Å². The van der Waals surface area contributed by atoms with Gasteiger partial charge < -0.3 is 5.11 Å². The summed E-state index contributed by atoms with van der Waals surface area (Å²) in [5.74, 6) is -0.339. The van der Waals surface area contributed by atoms with Crippen LogP contribution in [0, 0.1) is 5.92 Å². The van der Waals surface area contributed by atoms with E-state index in [1.807, 2.05) is 6.92 Å². The van der Waals surface area contributed by atoms with Gasteiger partial charge in [-0.3, -0.25) is 0 Å². The number of carboxylic acids is 1. The maximum absolute atomic E-state index is 11.0. The minimum absolute atomic E-state index is 0.114. The maximum Gasteiger partial charge on any atom is 0.358 e. The van der Waals surface area contributed by atoms with Gasteiger partial charge in [-0.15, -0.1) is 5.10 Å². The van der Waals surface area contributed by atoms with Crippen LogP contribution in [-0.2, 0) is 13.0 Å². The van der Waals surface area contributed by atoms with Crippen LogP contribution < -0.4 is 0 Å². The first-order valence-corrected chi connectivity index (χ1v) is 6.38. The Morgan fingerprint density at radius 2 is 2.12 bits per heavy atom. The van der Waals surface area contributed by atoms with Crippen molar-refractivity contribution in [2.24, 2.45) is 5.92 Å². The van der Waals surface area contributed by atoms with Crippen LogP contribution in [0.4, 0.5) is 0 Å². The van der Waals surface area contributed by atoms with E-state index in [4.69, 9.17) is 5.11 Å². The molecule has 0 aliphatic heterocycles. The van der Waals surface area contributed by atoms with Crippen molar-refractivity contribution in [3.8, 4) is 0 Å². The second kappa shape index (κ2) is 5.29. The lowest BCUT2D eigenvalue weighted by molar-refractivity contribution is 0.0689. The Balaban J connectivity index is 2.12. The normalized spacial score (nSPS) is 17.2. The molecule has 1 N–H and O–H groups in total. The number of aromatic carboxylic acids is 1. The fourth-order valence-corrected chi connectivity index (χ4v) is 2.61. The summed E-state index contributed by atoms with van der Waals surface area (Å²) in [6.07, 6.45) is 7.02. The summed E-state index contributed by atoms with van der Waals surface area (Å²) >= 11 is 0. The summed E-state index contributed by atoms with van der Waals surface area (Å²) in [4.78, 5) is 11.0. The van der Waals surface area contributed by atoms with Crippen LogP contribution in [0.1, 0.15) is 55.2 Å². The molecule has 5 nitrogen and oxygen atoms in total. The zero-order valence-electron chi connectivity index (χ0n) is 10.2. The van der Waals surface area contributed by atoms with Gasteiger partial charge in [0.15, 0.2) is 5.69 Å². The Morgan fingerprint density at radius 3 is 2.71 bits per heavy atom. The van der Waals surface area contributed by atoms with Gasteiger partial charge in [-0.05, 0) is 25.2 Å². The fourth-order valence-electron chi connectivity index (χ4n) is 2.61. The van der Waals surface area contributed by atoms with Crippen LogP contribution in [0.2, 0.25) is 0 Å². The Hall–Kier alpha value is -1.39. The fraction of sp³-hybridized carbons (Fsp3) is 0.750. The monoisotopic (exact) mass is 237 g/mol. The van der Waals surface area contributed by atoms with Crippen LogP contribution in [0.3, 0.4) is 0 Å². The Bertz CT molecular complexity index is 394. The number of rotatable bonds is 4. The highest BCUT2D eigenvalue weighted by Crippen LogP contribution is 2.25. The number of hydrogen-bond acceptors (Lipinski definition) is 3. The molecule has 1 aliphatic rings. The van der Waals surface area contributed by atoms with E-state index < -0.39 is 5.97 Å². The molecule has 0 atom stereocenters. The first kappa shape index (κ1) is 12.1. The van der Waals surface area contributed by atoms with Crippen molar-refractivity contribution >= 4 is 5.97 Å².